The number of nitrogens with two attached hydrogens (primary N) is 2. The molecule has 4 heterocycles. The molecule has 2 saturated heterocycles. The van der Waals surface area contributed by atoms with Crippen molar-refractivity contribution in [2.75, 3.05) is 61.7 Å². The van der Waals surface area contributed by atoms with Gasteiger partial charge in [-0.25, -0.2) is 19.6 Å². The van der Waals surface area contributed by atoms with Crippen molar-refractivity contribution in [3.8, 4) is 0 Å². The summed E-state index contributed by atoms with van der Waals surface area (Å²) in [5.74, 6) is 1.18. The van der Waals surface area contributed by atoms with Crippen LogP contribution in [0.15, 0.2) is 18.7 Å². The third-order valence-electron chi connectivity index (χ3n) is 5.85. The Kier molecular flexibility index (Phi) is 15.6. The number of nitrogens with zero attached hydrogens (tertiary/aromatic N) is 4. The van der Waals surface area contributed by atoms with Gasteiger partial charge in [-0.15, -0.1) is 0 Å². The Balaban J connectivity index is 0.000000255. The third-order valence-corrected chi connectivity index (χ3v) is 7.15. The van der Waals surface area contributed by atoms with Crippen LogP contribution in [0.25, 0.3) is 6.08 Å². The number of carbonyl (C=O) groups excluding carboxylic acids is 2. The highest BCUT2D eigenvalue weighted by Gasteiger charge is 2.19. The number of nitrogen functional groups attached to an aromatic ring is 2. The Hall–Kier alpha value is -3.57. The SMILES string of the molecule is C=CC(=O)OCC.CCOC(=O)/C=C/c1c(C)nc(N)nc1N[C@@H]1CCOC1.Cc1nc(N)nc(N[C@@H]2CCOC2)c1I. The van der Waals surface area contributed by atoms with Gasteiger partial charge >= 0.3 is 11.9 Å². The molecule has 0 unspecified atom stereocenters. The lowest BCUT2D eigenvalue weighted by molar-refractivity contribution is -0.138. The largest absolute Gasteiger partial charge is 0.463 e. The van der Waals surface area contributed by atoms with Gasteiger partial charge in [0.2, 0.25) is 11.9 Å². The number of hydrogen-bond acceptors (Lipinski definition) is 14. The Labute approximate surface area is 265 Å². The van der Waals surface area contributed by atoms with Crippen LogP contribution < -0.4 is 22.1 Å². The van der Waals surface area contributed by atoms with Crippen molar-refractivity contribution < 1.29 is 28.5 Å². The molecule has 4 rings (SSSR count). The van der Waals surface area contributed by atoms with Gasteiger partial charge in [-0.05, 0) is 69.2 Å². The molecule has 2 aromatic heterocycles. The first-order chi connectivity index (χ1) is 20.6. The van der Waals surface area contributed by atoms with Crippen molar-refractivity contribution in [2.24, 2.45) is 0 Å². The van der Waals surface area contributed by atoms with E-state index in [1.165, 1.54) is 6.08 Å². The Bertz CT molecular complexity index is 1250. The molecular weight excluding hydrogens is 671 g/mol. The maximum atomic E-state index is 11.4. The fourth-order valence-electron chi connectivity index (χ4n) is 3.82. The zero-order valence-corrected chi connectivity index (χ0v) is 27.2. The van der Waals surface area contributed by atoms with E-state index < -0.39 is 5.97 Å². The van der Waals surface area contributed by atoms with E-state index in [2.05, 4.69) is 64.5 Å². The first-order valence-corrected chi connectivity index (χ1v) is 14.9. The maximum Gasteiger partial charge on any atom is 0.330 e. The van der Waals surface area contributed by atoms with Gasteiger partial charge in [-0.1, -0.05) is 6.58 Å². The average molecular weight is 713 g/mol. The second-order valence-electron chi connectivity index (χ2n) is 9.21. The van der Waals surface area contributed by atoms with Crippen LogP contribution >= 0.6 is 22.6 Å². The molecule has 0 saturated carbocycles. The number of ether oxygens (including phenoxy) is 4. The minimum absolute atomic E-state index is 0.188. The Morgan fingerprint density at radius 2 is 1.42 bits per heavy atom. The van der Waals surface area contributed by atoms with Gasteiger partial charge in [0.15, 0.2) is 0 Å². The number of nitrogens with one attached hydrogen (secondary N) is 2. The topological polar surface area (TPSA) is 199 Å². The molecule has 0 bridgehead atoms. The molecule has 15 heteroatoms. The molecular formula is C28H41IN8O6. The fraction of sp³-hybridized carbons (Fsp3) is 0.500. The summed E-state index contributed by atoms with van der Waals surface area (Å²) in [7, 11) is 0. The van der Waals surface area contributed by atoms with E-state index in [1.54, 1.807) is 19.9 Å². The van der Waals surface area contributed by atoms with Gasteiger partial charge < -0.3 is 41.0 Å². The van der Waals surface area contributed by atoms with Crippen LogP contribution in [0.1, 0.15) is 43.6 Å². The molecule has 0 radical (unpaired) electrons. The second kappa shape index (κ2) is 18.9. The summed E-state index contributed by atoms with van der Waals surface area (Å²) in [6.07, 6.45) is 6.07. The molecule has 6 N–H and O–H groups in total. The number of carbonyl (C=O) groups is 2. The van der Waals surface area contributed by atoms with Crippen LogP contribution in [0.3, 0.4) is 0 Å². The van der Waals surface area contributed by atoms with Crippen LogP contribution in [0, 0.1) is 17.4 Å². The van der Waals surface area contributed by atoms with E-state index in [9.17, 15) is 9.59 Å². The highest BCUT2D eigenvalue weighted by Crippen LogP contribution is 2.23. The normalized spacial score (nSPS) is 17.2. The monoisotopic (exact) mass is 712 g/mol. The highest BCUT2D eigenvalue weighted by molar-refractivity contribution is 14.1. The van der Waals surface area contributed by atoms with Crippen molar-refractivity contribution in [1.29, 1.82) is 0 Å². The molecule has 2 aromatic rings. The predicted molar refractivity (Wildman–Crippen MR) is 173 cm³/mol. The first kappa shape index (κ1) is 35.6. The lowest BCUT2D eigenvalue weighted by Gasteiger charge is -2.15. The van der Waals surface area contributed by atoms with Crippen molar-refractivity contribution >= 4 is 64.1 Å². The van der Waals surface area contributed by atoms with Crippen LogP contribution in [0.2, 0.25) is 0 Å². The summed E-state index contributed by atoms with van der Waals surface area (Å²) < 4.78 is 20.9. The third kappa shape index (κ3) is 12.7. The molecule has 0 spiro atoms. The smallest absolute Gasteiger partial charge is 0.330 e. The van der Waals surface area contributed by atoms with Crippen molar-refractivity contribution in [3.63, 3.8) is 0 Å². The van der Waals surface area contributed by atoms with Crippen LogP contribution in [-0.2, 0) is 28.5 Å². The van der Waals surface area contributed by atoms with Crippen molar-refractivity contribution in [1.82, 2.24) is 19.9 Å². The van der Waals surface area contributed by atoms with E-state index in [-0.39, 0.29) is 18.0 Å². The van der Waals surface area contributed by atoms with Gasteiger partial charge in [0.1, 0.15) is 11.6 Å². The predicted octanol–water partition coefficient (Wildman–Crippen LogP) is 3.05. The molecule has 2 aliphatic heterocycles. The average Bonchev–Trinajstić information content (AvgIpc) is 3.67. The molecule has 0 aliphatic carbocycles. The zero-order valence-electron chi connectivity index (χ0n) is 25.0. The minimum atomic E-state index is -0.399. The van der Waals surface area contributed by atoms with E-state index in [4.69, 9.17) is 25.7 Å². The standard InChI is InChI=1S/C14H20N4O3.C9H13IN4O.C5H8O2/c1-3-21-12(19)5-4-11-9(2)16-14(15)18-13(11)17-10-6-7-20-8-10;1-5-7(10)8(14-9(11)12-5)13-6-2-3-15-4-6;1-3-5(6)7-4-2/h4-5,10H,3,6-8H2,1-2H3,(H3,15,16,17,18);6H,2-4H2,1H3,(H3,11,12,13,14);3H,1,4H2,2H3/b5-4+;;/t10-;6-;/m11./s1. The summed E-state index contributed by atoms with van der Waals surface area (Å²) in [4.78, 5) is 38.1. The molecule has 2 atom stereocenters. The Morgan fingerprint density at radius 3 is 1.91 bits per heavy atom. The molecule has 0 aromatic carbocycles. The van der Waals surface area contributed by atoms with Gasteiger partial charge in [0.25, 0.3) is 0 Å². The number of rotatable bonds is 9. The van der Waals surface area contributed by atoms with Gasteiger partial charge in [0, 0.05) is 30.9 Å². The molecule has 2 aliphatic rings. The number of aryl methyl sites for hydroxylation is 2. The van der Waals surface area contributed by atoms with Gasteiger partial charge in [-0.2, -0.15) is 9.97 Å². The number of halogens is 1. The maximum absolute atomic E-state index is 11.4. The van der Waals surface area contributed by atoms with Crippen LogP contribution in [-0.4, -0.2) is 83.6 Å². The van der Waals surface area contributed by atoms with E-state index in [0.717, 1.165) is 59.4 Å². The van der Waals surface area contributed by atoms with Crippen molar-refractivity contribution in [2.45, 2.75) is 52.6 Å². The quantitative estimate of drug-likeness (QED) is 0.168. The Morgan fingerprint density at radius 1 is 0.907 bits per heavy atom. The summed E-state index contributed by atoms with van der Waals surface area (Å²) in [5, 5.41) is 6.61. The molecule has 43 heavy (non-hydrogen) atoms. The zero-order chi connectivity index (χ0) is 31.8. The molecule has 236 valence electrons. The summed E-state index contributed by atoms with van der Waals surface area (Å²) in [6.45, 7) is 14.1. The number of hydrogen-bond donors (Lipinski definition) is 4. The fourth-order valence-corrected chi connectivity index (χ4v) is 4.21. The van der Waals surface area contributed by atoms with Crippen LogP contribution in [0.5, 0.6) is 0 Å². The summed E-state index contributed by atoms with van der Waals surface area (Å²) >= 11 is 2.22. The highest BCUT2D eigenvalue weighted by atomic mass is 127. The summed E-state index contributed by atoms with van der Waals surface area (Å²) in [6, 6.07) is 0.528. The second-order valence-corrected chi connectivity index (χ2v) is 10.3. The van der Waals surface area contributed by atoms with E-state index >= 15 is 0 Å². The lowest BCUT2D eigenvalue weighted by Crippen LogP contribution is -2.21. The van der Waals surface area contributed by atoms with Gasteiger partial charge in [0.05, 0.1) is 53.5 Å². The number of esters is 2. The molecule has 2 fully saturated rings. The summed E-state index contributed by atoms with van der Waals surface area (Å²) in [5.41, 5.74) is 13.6. The number of anilines is 4. The first-order valence-electron chi connectivity index (χ1n) is 13.8. The number of aromatic nitrogens is 4. The molecule has 0 amide bonds. The van der Waals surface area contributed by atoms with Gasteiger partial charge in [-0.3, -0.25) is 0 Å². The minimum Gasteiger partial charge on any atom is -0.463 e. The lowest BCUT2D eigenvalue weighted by atomic mass is 10.1. The van der Waals surface area contributed by atoms with E-state index in [1.807, 2.05) is 13.8 Å². The molecule has 14 nitrogen and oxygen atoms in total. The van der Waals surface area contributed by atoms with Crippen LogP contribution in [0.4, 0.5) is 23.5 Å². The van der Waals surface area contributed by atoms with Crippen molar-refractivity contribution in [3.05, 3.63) is 39.3 Å². The van der Waals surface area contributed by atoms with E-state index in [0.29, 0.717) is 43.3 Å².